The van der Waals surface area contributed by atoms with Crippen LogP contribution in [0.15, 0.2) is 78.9 Å². The van der Waals surface area contributed by atoms with E-state index >= 15 is 0 Å². The Morgan fingerprint density at radius 1 is 0.838 bits per heavy atom. The first kappa shape index (κ1) is 24.4. The normalized spacial score (nSPS) is 20.9. The molecule has 7 heteroatoms. The standard InChI is InChI=1S/C30H27NO6/c1-36-24-9-5-8-22(16-24)27(32)18-37-30(35)20-10-13-23(14-11-20)31-28(33)25-15-12-21(17-26(25)29(31)34)19-6-3-2-4-7-19/h2-11,13-14,16,21,25-26H,12,15,17-18H2,1H3. The highest BCUT2D eigenvalue weighted by Crippen LogP contribution is 2.45. The summed E-state index contributed by atoms with van der Waals surface area (Å²) in [6.45, 7) is -0.414. The minimum atomic E-state index is -0.666. The van der Waals surface area contributed by atoms with Crippen molar-refractivity contribution >= 4 is 29.3 Å². The molecule has 1 heterocycles. The summed E-state index contributed by atoms with van der Waals surface area (Å²) in [4.78, 5) is 52.5. The van der Waals surface area contributed by atoms with Gasteiger partial charge < -0.3 is 9.47 Å². The van der Waals surface area contributed by atoms with Gasteiger partial charge in [-0.2, -0.15) is 0 Å². The number of amides is 2. The van der Waals surface area contributed by atoms with E-state index < -0.39 is 12.6 Å². The fourth-order valence-electron chi connectivity index (χ4n) is 5.30. The molecule has 1 aliphatic heterocycles. The Kier molecular flexibility index (Phi) is 6.86. The van der Waals surface area contributed by atoms with Crippen LogP contribution in [-0.4, -0.2) is 37.3 Å². The number of esters is 1. The van der Waals surface area contributed by atoms with E-state index in [9.17, 15) is 19.2 Å². The summed E-state index contributed by atoms with van der Waals surface area (Å²) in [6, 6.07) is 22.9. The van der Waals surface area contributed by atoms with Gasteiger partial charge in [0.25, 0.3) is 0 Å². The average molecular weight is 498 g/mol. The topological polar surface area (TPSA) is 90.0 Å². The van der Waals surface area contributed by atoms with Crippen LogP contribution in [0.2, 0.25) is 0 Å². The second kappa shape index (κ2) is 10.4. The van der Waals surface area contributed by atoms with Crippen LogP contribution in [0.4, 0.5) is 5.69 Å². The first-order valence-electron chi connectivity index (χ1n) is 12.3. The first-order valence-corrected chi connectivity index (χ1v) is 12.3. The van der Waals surface area contributed by atoms with Gasteiger partial charge in [0.15, 0.2) is 12.4 Å². The van der Waals surface area contributed by atoms with Gasteiger partial charge in [0.05, 0.1) is 30.2 Å². The summed E-state index contributed by atoms with van der Waals surface area (Å²) in [5.74, 6) is -1.23. The molecule has 1 saturated heterocycles. The largest absolute Gasteiger partial charge is 0.497 e. The van der Waals surface area contributed by atoms with E-state index in [1.165, 1.54) is 29.7 Å². The zero-order chi connectivity index (χ0) is 25.9. The molecule has 3 aromatic carbocycles. The molecule has 1 aliphatic carbocycles. The van der Waals surface area contributed by atoms with Gasteiger partial charge >= 0.3 is 5.97 Å². The summed E-state index contributed by atoms with van der Waals surface area (Å²) in [7, 11) is 1.51. The van der Waals surface area contributed by atoms with Gasteiger partial charge in [-0.3, -0.25) is 19.3 Å². The third kappa shape index (κ3) is 4.89. The Hall–Kier alpha value is -4.26. The number of hydrogen-bond donors (Lipinski definition) is 0. The lowest BCUT2D eigenvalue weighted by atomic mass is 9.73. The van der Waals surface area contributed by atoms with Crippen LogP contribution in [0, 0.1) is 11.8 Å². The lowest BCUT2D eigenvalue weighted by molar-refractivity contribution is -0.122. The predicted molar refractivity (Wildman–Crippen MR) is 137 cm³/mol. The number of methoxy groups -OCH3 is 1. The number of nitrogens with zero attached hydrogens (tertiary/aromatic N) is 1. The molecular weight excluding hydrogens is 470 g/mol. The van der Waals surface area contributed by atoms with E-state index in [-0.39, 0.29) is 40.9 Å². The smallest absolute Gasteiger partial charge is 0.338 e. The number of carbonyl (C=O) groups is 4. The first-order chi connectivity index (χ1) is 18.0. The maximum absolute atomic E-state index is 13.3. The minimum absolute atomic E-state index is 0.180. The van der Waals surface area contributed by atoms with Crippen molar-refractivity contribution in [3.63, 3.8) is 0 Å². The van der Waals surface area contributed by atoms with E-state index in [0.29, 0.717) is 29.8 Å². The zero-order valence-corrected chi connectivity index (χ0v) is 20.5. The van der Waals surface area contributed by atoms with Gasteiger partial charge in [0, 0.05) is 5.56 Å². The zero-order valence-electron chi connectivity index (χ0n) is 20.5. The lowest BCUT2D eigenvalue weighted by Gasteiger charge is -2.28. The molecule has 7 nitrogen and oxygen atoms in total. The predicted octanol–water partition coefficient (Wildman–Crippen LogP) is 4.81. The van der Waals surface area contributed by atoms with Crippen molar-refractivity contribution in [2.24, 2.45) is 11.8 Å². The van der Waals surface area contributed by atoms with Gasteiger partial charge in [0.2, 0.25) is 11.8 Å². The van der Waals surface area contributed by atoms with E-state index in [4.69, 9.17) is 9.47 Å². The number of fused-ring (bicyclic) bond motifs is 1. The molecule has 1 saturated carbocycles. The molecule has 0 radical (unpaired) electrons. The summed E-state index contributed by atoms with van der Waals surface area (Å²) in [6.07, 6.45) is 2.20. The van der Waals surface area contributed by atoms with Crippen LogP contribution in [0.1, 0.15) is 51.5 Å². The van der Waals surface area contributed by atoms with Crippen LogP contribution < -0.4 is 9.64 Å². The van der Waals surface area contributed by atoms with Gasteiger partial charge in [-0.25, -0.2) is 4.79 Å². The molecule has 2 fully saturated rings. The maximum atomic E-state index is 13.3. The molecule has 0 bridgehead atoms. The second-order valence-corrected chi connectivity index (χ2v) is 9.42. The van der Waals surface area contributed by atoms with Crippen molar-refractivity contribution in [2.75, 3.05) is 18.6 Å². The van der Waals surface area contributed by atoms with Crippen molar-refractivity contribution in [3.8, 4) is 5.75 Å². The van der Waals surface area contributed by atoms with Crippen LogP contribution >= 0.6 is 0 Å². The number of ether oxygens (including phenoxy) is 2. The van der Waals surface area contributed by atoms with Crippen molar-refractivity contribution < 1.29 is 28.7 Å². The molecule has 2 amide bonds. The molecule has 0 N–H and O–H groups in total. The van der Waals surface area contributed by atoms with Crippen LogP contribution in [-0.2, 0) is 14.3 Å². The number of imide groups is 1. The van der Waals surface area contributed by atoms with Gasteiger partial charge in [-0.05, 0) is 67.1 Å². The molecule has 3 unspecified atom stereocenters. The van der Waals surface area contributed by atoms with Crippen molar-refractivity contribution in [2.45, 2.75) is 25.2 Å². The maximum Gasteiger partial charge on any atom is 0.338 e. The number of ketones is 1. The summed E-state index contributed by atoms with van der Waals surface area (Å²) >= 11 is 0. The molecule has 0 aromatic heterocycles. The van der Waals surface area contributed by atoms with Crippen molar-refractivity contribution in [1.29, 1.82) is 0 Å². The third-order valence-electron chi connectivity index (χ3n) is 7.28. The SMILES string of the molecule is COc1cccc(C(=O)COC(=O)c2ccc(N3C(=O)C4CCC(c5ccccc5)CC4C3=O)cc2)c1. The van der Waals surface area contributed by atoms with E-state index in [1.807, 2.05) is 18.2 Å². The highest BCUT2D eigenvalue weighted by Gasteiger charge is 2.50. The molecule has 3 aromatic rings. The molecule has 3 atom stereocenters. The van der Waals surface area contributed by atoms with Gasteiger partial charge in [0.1, 0.15) is 5.75 Å². The number of hydrogen-bond acceptors (Lipinski definition) is 6. The van der Waals surface area contributed by atoms with Crippen LogP contribution in [0.25, 0.3) is 0 Å². The van der Waals surface area contributed by atoms with E-state index in [2.05, 4.69) is 12.1 Å². The van der Waals surface area contributed by atoms with Crippen molar-refractivity contribution in [3.05, 3.63) is 95.6 Å². The number of carbonyl (C=O) groups excluding carboxylic acids is 4. The average Bonchev–Trinajstić information content (AvgIpc) is 3.20. The Morgan fingerprint density at radius 2 is 1.57 bits per heavy atom. The van der Waals surface area contributed by atoms with E-state index in [1.54, 1.807) is 36.4 Å². The lowest BCUT2D eigenvalue weighted by Crippen LogP contribution is -2.30. The molecular formula is C30H27NO6. The van der Waals surface area contributed by atoms with Crippen molar-refractivity contribution in [1.82, 2.24) is 0 Å². The number of rotatable bonds is 7. The summed E-state index contributed by atoms with van der Waals surface area (Å²) in [5.41, 5.74) is 2.24. The fourth-order valence-corrected chi connectivity index (χ4v) is 5.30. The summed E-state index contributed by atoms with van der Waals surface area (Å²) in [5, 5.41) is 0. The minimum Gasteiger partial charge on any atom is -0.497 e. The summed E-state index contributed by atoms with van der Waals surface area (Å²) < 4.78 is 10.3. The highest BCUT2D eigenvalue weighted by atomic mass is 16.5. The number of anilines is 1. The third-order valence-corrected chi connectivity index (χ3v) is 7.28. The Labute approximate surface area is 215 Å². The fraction of sp³-hybridized carbons (Fsp3) is 0.267. The van der Waals surface area contributed by atoms with E-state index in [0.717, 1.165) is 6.42 Å². The molecule has 0 spiro atoms. The molecule has 2 aliphatic rings. The van der Waals surface area contributed by atoms with Crippen LogP contribution in [0.5, 0.6) is 5.75 Å². The van der Waals surface area contributed by atoms with Gasteiger partial charge in [-0.15, -0.1) is 0 Å². The Bertz CT molecular complexity index is 1330. The highest BCUT2D eigenvalue weighted by molar-refractivity contribution is 6.22. The number of Topliss-reactive ketones (excluding diaryl/α,β-unsaturated/α-hetero) is 1. The molecule has 188 valence electrons. The molecule has 5 rings (SSSR count). The second-order valence-electron chi connectivity index (χ2n) is 9.42. The van der Waals surface area contributed by atoms with Crippen LogP contribution in [0.3, 0.4) is 0 Å². The quantitative estimate of drug-likeness (QED) is 0.264. The Balaban J connectivity index is 1.23. The Morgan fingerprint density at radius 3 is 2.30 bits per heavy atom. The molecule has 37 heavy (non-hydrogen) atoms. The van der Waals surface area contributed by atoms with Gasteiger partial charge in [-0.1, -0.05) is 42.5 Å². The monoisotopic (exact) mass is 497 g/mol. The number of benzene rings is 3.